The van der Waals surface area contributed by atoms with E-state index >= 15 is 0 Å². The number of anilines is 1. The average molecular weight is 271 g/mol. The van der Waals surface area contributed by atoms with Gasteiger partial charge in [0, 0.05) is 6.54 Å². The van der Waals surface area contributed by atoms with E-state index in [4.69, 9.17) is 28.5 Å². The Morgan fingerprint density at radius 2 is 1.76 bits per heavy atom. The number of hydrogen-bond donors (Lipinski definition) is 1. The summed E-state index contributed by atoms with van der Waals surface area (Å²) < 4.78 is 0. The van der Waals surface area contributed by atoms with Crippen LogP contribution in [0.15, 0.2) is 12.1 Å². The Morgan fingerprint density at radius 3 is 2.18 bits per heavy atom. The summed E-state index contributed by atoms with van der Waals surface area (Å²) in [7, 11) is 0. The topological polar surface area (TPSA) is 35.8 Å². The predicted octanol–water partition coefficient (Wildman–Crippen LogP) is 4.71. The number of nitrogens with one attached hydrogen (secondary N) is 1. The molecule has 2 nitrogen and oxygen atoms in total. The first-order valence-corrected chi connectivity index (χ1v) is 6.22. The highest BCUT2D eigenvalue weighted by Gasteiger charge is 2.12. The van der Waals surface area contributed by atoms with Gasteiger partial charge in [-0.3, -0.25) is 0 Å². The summed E-state index contributed by atoms with van der Waals surface area (Å²) >= 11 is 12.1. The van der Waals surface area contributed by atoms with Gasteiger partial charge in [-0.1, -0.05) is 44.0 Å². The van der Waals surface area contributed by atoms with Gasteiger partial charge in [-0.25, -0.2) is 0 Å². The van der Waals surface area contributed by atoms with Gasteiger partial charge in [0.15, 0.2) is 0 Å². The van der Waals surface area contributed by atoms with E-state index in [1.807, 2.05) is 6.07 Å². The van der Waals surface area contributed by atoms with Crippen LogP contribution in [0.25, 0.3) is 0 Å². The Balaban J connectivity index is 2.76. The van der Waals surface area contributed by atoms with Crippen LogP contribution in [0.1, 0.15) is 32.8 Å². The standard InChI is InChI=1S/C13H16Cl2N2/c1-13(2,3)4-5-17-12-10(14)6-9(8-16)7-11(12)15/h6-7,17H,4-5H2,1-3H3. The number of halogens is 2. The van der Waals surface area contributed by atoms with Crippen LogP contribution < -0.4 is 5.32 Å². The van der Waals surface area contributed by atoms with Gasteiger partial charge in [0.05, 0.1) is 27.4 Å². The molecule has 0 heterocycles. The lowest BCUT2D eigenvalue weighted by Crippen LogP contribution is -2.13. The van der Waals surface area contributed by atoms with Gasteiger partial charge >= 0.3 is 0 Å². The molecule has 0 radical (unpaired) electrons. The summed E-state index contributed by atoms with van der Waals surface area (Å²) in [6, 6.07) is 5.26. The molecule has 1 aromatic rings. The zero-order valence-electron chi connectivity index (χ0n) is 10.3. The minimum absolute atomic E-state index is 0.262. The van der Waals surface area contributed by atoms with Crippen LogP contribution in [0.5, 0.6) is 0 Å². The Morgan fingerprint density at radius 1 is 1.24 bits per heavy atom. The van der Waals surface area contributed by atoms with Crippen molar-refractivity contribution in [1.82, 2.24) is 0 Å². The molecular weight excluding hydrogens is 255 g/mol. The molecule has 0 saturated carbocycles. The number of rotatable bonds is 3. The fourth-order valence-corrected chi connectivity index (χ4v) is 1.99. The second-order valence-electron chi connectivity index (χ2n) is 5.16. The minimum atomic E-state index is 0.262. The fourth-order valence-electron chi connectivity index (χ4n) is 1.37. The summed E-state index contributed by atoms with van der Waals surface area (Å²) in [6.07, 6.45) is 1.01. The first kappa shape index (κ1) is 14.2. The van der Waals surface area contributed by atoms with E-state index in [9.17, 15) is 0 Å². The molecule has 0 aromatic heterocycles. The Labute approximate surface area is 113 Å². The molecule has 0 unspecified atom stereocenters. The average Bonchev–Trinajstić information content (AvgIpc) is 2.20. The highest BCUT2D eigenvalue weighted by atomic mass is 35.5. The van der Waals surface area contributed by atoms with E-state index < -0.39 is 0 Å². The maximum absolute atomic E-state index is 8.77. The van der Waals surface area contributed by atoms with E-state index in [2.05, 4.69) is 26.1 Å². The van der Waals surface area contributed by atoms with Crippen LogP contribution in [0.4, 0.5) is 5.69 Å². The molecule has 4 heteroatoms. The third kappa shape index (κ3) is 4.46. The van der Waals surface area contributed by atoms with Crippen molar-refractivity contribution in [3.8, 4) is 6.07 Å². The first-order valence-electron chi connectivity index (χ1n) is 5.46. The van der Waals surface area contributed by atoms with Crippen molar-refractivity contribution in [2.24, 2.45) is 5.41 Å². The number of hydrogen-bond acceptors (Lipinski definition) is 2. The van der Waals surface area contributed by atoms with Gasteiger partial charge in [-0.2, -0.15) is 5.26 Å². The van der Waals surface area contributed by atoms with Crippen LogP contribution >= 0.6 is 23.2 Å². The molecule has 0 atom stereocenters. The quantitative estimate of drug-likeness (QED) is 0.863. The summed E-state index contributed by atoms with van der Waals surface area (Å²) in [6.45, 7) is 7.33. The van der Waals surface area contributed by atoms with Crippen LogP contribution in [0, 0.1) is 16.7 Å². The number of benzene rings is 1. The molecule has 17 heavy (non-hydrogen) atoms. The van der Waals surface area contributed by atoms with E-state index in [0.29, 0.717) is 21.3 Å². The van der Waals surface area contributed by atoms with Gasteiger partial charge < -0.3 is 5.32 Å². The van der Waals surface area contributed by atoms with Crippen LogP contribution in [0.2, 0.25) is 10.0 Å². The van der Waals surface area contributed by atoms with Crippen molar-refractivity contribution in [3.05, 3.63) is 27.7 Å². The molecule has 0 aliphatic rings. The Kier molecular flexibility index (Phi) is 4.68. The van der Waals surface area contributed by atoms with Crippen LogP contribution in [0.3, 0.4) is 0 Å². The highest BCUT2D eigenvalue weighted by molar-refractivity contribution is 6.39. The molecule has 0 amide bonds. The second kappa shape index (κ2) is 5.62. The summed E-state index contributed by atoms with van der Waals surface area (Å²) in [5.41, 5.74) is 1.44. The van der Waals surface area contributed by atoms with Crippen molar-refractivity contribution < 1.29 is 0 Å². The molecule has 1 aromatic carbocycles. The molecule has 1 rings (SSSR count). The van der Waals surface area contributed by atoms with E-state index in [-0.39, 0.29) is 5.41 Å². The summed E-state index contributed by atoms with van der Waals surface area (Å²) in [4.78, 5) is 0. The van der Waals surface area contributed by atoms with E-state index in [0.717, 1.165) is 13.0 Å². The lowest BCUT2D eigenvalue weighted by Gasteiger charge is -2.19. The van der Waals surface area contributed by atoms with Gasteiger partial charge in [-0.15, -0.1) is 0 Å². The van der Waals surface area contributed by atoms with Gasteiger partial charge in [-0.05, 0) is 24.0 Å². The Hall–Kier alpha value is -0.910. The van der Waals surface area contributed by atoms with Gasteiger partial charge in [0.25, 0.3) is 0 Å². The van der Waals surface area contributed by atoms with Crippen LogP contribution in [-0.4, -0.2) is 6.54 Å². The van der Waals surface area contributed by atoms with Crippen molar-refractivity contribution >= 4 is 28.9 Å². The molecule has 0 spiro atoms. The first-order chi connectivity index (χ1) is 7.83. The smallest absolute Gasteiger partial charge is 0.0992 e. The largest absolute Gasteiger partial charge is 0.383 e. The van der Waals surface area contributed by atoms with E-state index in [1.165, 1.54) is 0 Å². The molecular formula is C13H16Cl2N2. The number of nitrogens with zero attached hydrogens (tertiary/aromatic N) is 1. The van der Waals surface area contributed by atoms with Crippen molar-refractivity contribution in [2.75, 3.05) is 11.9 Å². The minimum Gasteiger partial charge on any atom is -0.383 e. The lowest BCUT2D eigenvalue weighted by molar-refractivity contribution is 0.390. The third-order valence-corrected chi connectivity index (χ3v) is 2.94. The fraction of sp³-hybridized carbons (Fsp3) is 0.462. The normalized spacial score (nSPS) is 11.1. The maximum Gasteiger partial charge on any atom is 0.0992 e. The third-order valence-electron chi connectivity index (χ3n) is 2.35. The van der Waals surface area contributed by atoms with Crippen molar-refractivity contribution in [3.63, 3.8) is 0 Å². The van der Waals surface area contributed by atoms with Crippen LogP contribution in [-0.2, 0) is 0 Å². The maximum atomic E-state index is 8.77. The highest BCUT2D eigenvalue weighted by Crippen LogP contribution is 2.32. The molecule has 0 aliphatic carbocycles. The lowest BCUT2D eigenvalue weighted by atomic mass is 9.92. The molecule has 0 bridgehead atoms. The monoisotopic (exact) mass is 270 g/mol. The number of nitriles is 1. The zero-order chi connectivity index (χ0) is 13.1. The SMILES string of the molecule is CC(C)(C)CCNc1c(Cl)cc(C#N)cc1Cl. The summed E-state index contributed by atoms with van der Waals surface area (Å²) in [5.74, 6) is 0. The zero-order valence-corrected chi connectivity index (χ0v) is 11.8. The van der Waals surface area contributed by atoms with Gasteiger partial charge in [0.1, 0.15) is 0 Å². The van der Waals surface area contributed by atoms with E-state index in [1.54, 1.807) is 12.1 Å². The molecule has 1 N–H and O–H groups in total. The Bertz CT molecular complexity index is 419. The van der Waals surface area contributed by atoms with Crippen molar-refractivity contribution in [1.29, 1.82) is 5.26 Å². The molecule has 92 valence electrons. The molecule has 0 fully saturated rings. The van der Waals surface area contributed by atoms with Crippen molar-refractivity contribution in [2.45, 2.75) is 27.2 Å². The second-order valence-corrected chi connectivity index (χ2v) is 5.98. The molecule has 0 saturated heterocycles. The van der Waals surface area contributed by atoms with Gasteiger partial charge in [0.2, 0.25) is 0 Å². The summed E-state index contributed by atoms with van der Waals surface area (Å²) in [5, 5.41) is 13.0. The predicted molar refractivity (Wildman–Crippen MR) is 73.7 cm³/mol. The molecule has 0 aliphatic heterocycles.